The third-order valence-corrected chi connectivity index (χ3v) is 2.39. The molecule has 0 fully saturated rings. The number of aromatic nitrogens is 2. The normalized spacial score (nSPS) is 10.1. The molecule has 0 radical (unpaired) electrons. The number of aromatic amines is 1. The summed E-state index contributed by atoms with van der Waals surface area (Å²) >= 11 is 0. The van der Waals surface area contributed by atoms with Crippen LogP contribution < -0.4 is 0 Å². The van der Waals surface area contributed by atoms with Crippen LogP contribution in [0.2, 0.25) is 0 Å². The van der Waals surface area contributed by atoms with Crippen LogP contribution in [0.1, 0.15) is 5.56 Å². The van der Waals surface area contributed by atoms with Gasteiger partial charge in [-0.3, -0.25) is 0 Å². The van der Waals surface area contributed by atoms with Crippen molar-refractivity contribution in [1.82, 2.24) is 14.9 Å². The van der Waals surface area contributed by atoms with Crippen LogP contribution in [0.15, 0.2) is 24.5 Å². The number of likely N-dealkylation sites (N-methyl/N-ethyl adjacent to an activating group) is 1. The average molecular weight is 200 g/mol. The van der Waals surface area contributed by atoms with Crippen molar-refractivity contribution in [3.63, 3.8) is 0 Å². The van der Waals surface area contributed by atoms with Gasteiger partial charge in [-0.05, 0) is 24.1 Å². The summed E-state index contributed by atoms with van der Waals surface area (Å²) in [7, 11) is 1.79. The van der Waals surface area contributed by atoms with Crippen molar-refractivity contribution in [2.75, 3.05) is 13.6 Å². The van der Waals surface area contributed by atoms with E-state index in [0.717, 1.165) is 24.0 Å². The van der Waals surface area contributed by atoms with Crippen LogP contribution in [0.3, 0.4) is 0 Å². The van der Waals surface area contributed by atoms with Crippen molar-refractivity contribution >= 4 is 11.0 Å². The lowest BCUT2D eigenvalue weighted by molar-refractivity contribution is 0.478. The molecule has 2 rings (SSSR count). The van der Waals surface area contributed by atoms with Crippen molar-refractivity contribution in [2.24, 2.45) is 0 Å². The van der Waals surface area contributed by atoms with Gasteiger partial charge in [0.05, 0.1) is 17.4 Å². The lowest BCUT2D eigenvalue weighted by Gasteiger charge is -2.07. The Balaban J connectivity index is 2.12. The van der Waals surface area contributed by atoms with Crippen molar-refractivity contribution in [2.45, 2.75) is 6.42 Å². The molecule has 0 aliphatic rings. The number of rotatable bonds is 3. The molecule has 1 aromatic heterocycles. The first-order chi connectivity index (χ1) is 7.29. The van der Waals surface area contributed by atoms with Gasteiger partial charge in [-0.25, -0.2) is 4.98 Å². The monoisotopic (exact) mass is 200 g/mol. The summed E-state index contributed by atoms with van der Waals surface area (Å²) in [6.45, 7) is 0.746. The van der Waals surface area contributed by atoms with E-state index in [0.29, 0.717) is 0 Å². The maximum atomic E-state index is 8.61. The molecule has 0 amide bonds. The fourth-order valence-corrected chi connectivity index (χ4v) is 1.49. The van der Waals surface area contributed by atoms with Gasteiger partial charge in [-0.15, -0.1) is 0 Å². The maximum Gasteiger partial charge on any atom is 0.179 e. The zero-order chi connectivity index (χ0) is 10.7. The molecule has 4 heteroatoms. The van der Waals surface area contributed by atoms with E-state index < -0.39 is 0 Å². The lowest BCUT2D eigenvalue weighted by Crippen LogP contribution is -2.14. The van der Waals surface area contributed by atoms with Gasteiger partial charge < -0.3 is 9.88 Å². The van der Waals surface area contributed by atoms with E-state index in [-0.39, 0.29) is 0 Å². The summed E-state index contributed by atoms with van der Waals surface area (Å²) in [5, 5.41) is 8.61. The number of fused-ring (bicyclic) bond motifs is 1. The Morgan fingerprint density at radius 3 is 3.20 bits per heavy atom. The summed E-state index contributed by atoms with van der Waals surface area (Å²) in [5.41, 5.74) is 3.24. The van der Waals surface area contributed by atoms with E-state index >= 15 is 0 Å². The van der Waals surface area contributed by atoms with Crippen molar-refractivity contribution in [1.29, 1.82) is 5.26 Å². The molecule has 0 aliphatic heterocycles. The fourth-order valence-electron chi connectivity index (χ4n) is 1.49. The number of nitriles is 1. The highest BCUT2D eigenvalue weighted by atomic mass is 15.1. The van der Waals surface area contributed by atoms with Gasteiger partial charge >= 0.3 is 0 Å². The second-order valence-electron chi connectivity index (χ2n) is 3.53. The summed E-state index contributed by atoms with van der Waals surface area (Å²) in [6.07, 6.45) is 4.64. The van der Waals surface area contributed by atoms with Crippen LogP contribution in [-0.2, 0) is 6.42 Å². The standard InChI is InChI=1S/C11H12N4/c1-15(7-12)5-4-9-2-3-10-11(6-9)14-8-13-10/h2-3,6,8H,4-5H2,1H3,(H,13,14). The van der Waals surface area contributed by atoms with E-state index in [1.54, 1.807) is 18.3 Å². The lowest BCUT2D eigenvalue weighted by atomic mass is 10.1. The summed E-state index contributed by atoms with van der Waals surface area (Å²) < 4.78 is 0. The van der Waals surface area contributed by atoms with Crippen molar-refractivity contribution < 1.29 is 0 Å². The Hall–Kier alpha value is -2.02. The first kappa shape index (κ1) is 9.53. The number of benzene rings is 1. The summed E-state index contributed by atoms with van der Waals surface area (Å²) in [4.78, 5) is 8.85. The Bertz CT molecular complexity index is 495. The quantitative estimate of drug-likeness (QED) is 0.603. The summed E-state index contributed by atoms with van der Waals surface area (Å²) in [5.74, 6) is 0. The van der Waals surface area contributed by atoms with Gasteiger partial charge in [-0.2, -0.15) is 5.26 Å². The van der Waals surface area contributed by atoms with Crippen LogP contribution in [0.25, 0.3) is 11.0 Å². The maximum absolute atomic E-state index is 8.61. The molecule has 0 spiro atoms. The van der Waals surface area contributed by atoms with E-state index in [9.17, 15) is 0 Å². The molecular formula is C11H12N4. The second-order valence-corrected chi connectivity index (χ2v) is 3.53. The SMILES string of the molecule is CN(C#N)CCc1ccc2nc[nH]c2c1. The molecule has 0 unspecified atom stereocenters. The molecule has 0 bridgehead atoms. The third kappa shape index (κ3) is 2.08. The van der Waals surface area contributed by atoms with Crippen molar-refractivity contribution in [3.05, 3.63) is 30.1 Å². The first-order valence-electron chi connectivity index (χ1n) is 4.82. The largest absolute Gasteiger partial charge is 0.345 e. The minimum atomic E-state index is 0.746. The molecule has 1 aromatic carbocycles. The molecule has 0 aliphatic carbocycles. The highest BCUT2D eigenvalue weighted by Gasteiger charge is 1.99. The molecule has 1 heterocycles. The van der Waals surface area contributed by atoms with E-state index in [4.69, 9.17) is 5.26 Å². The third-order valence-electron chi connectivity index (χ3n) is 2.39. The Labute approximate surface area is 88.2 Å². The molecule has 4 nitrogen and oxygen atoms in total. The van der Waals surface area contributed by atoms with Gasteiger partial charge in [0, 0.05) is 13.6 Å². The molecule has 1 N–H and O–H groups in total. The smallest absolute Gasteiger partial charge is 0.179 e. The van der Waals surface area contributed by atoms with Crippen LogP contribution in [-0.4, -0.2) is 28.5 Å². The average Bonchev–Trinajstić information content (AvgIpc) is 2.72. The van der Waals surface area contributed by atoms with Crippen molar-refractivity contribution in [3.8, 4) is 6.19 Å². The van der Waals surface area contributed by atoms with E-state index in [2.05, 4.69) is 22.2 Å². The fraction of sp³-hybridized carbons (Fsp3) is 0.273. The minimum absolute atomic E-state index is 0.746. The zero-order valence-corrected chi connectivity index (χ0v) is 8.57. The number of H-pyrrole nitrogens is 1. The van der Waals surface area contributed by atoms with Crippen LogP contribution >= 0.6 is 0 Å². The van der Waals surface area contributed by atoms with Crippen LogP contribution in [0.5, 0.6) is 0 Å². The predicted molar refractivity (Wildman–Crippen MR) is 58.0 cm³/mol. The molecule has 0 saturated carbocycles. The number of hydrogen-bond acceptors (Lipinski definition) is 3. The molecule has 2 aromatic rings. The second kappa shape index (κ2) is 4.01. The summed E-state index contributed by atoms with van der Waals surface area (Å²) in [6, 6.07) is 6.12. The number of nitrogens with one attached hydrogen (secondary N) is 1. The number of nitrogens with zero attached hydrogens (tertiary/aromatic N) is 3. The topological polar surface area (TPSA) is 55.7 Å². The van der Waals surface area contributed by atoms with Crippen LogP contribution in [0.4, 0.5) is 0 Å². The number of imidazole rings is 1. The predicted octanol–water partition coefficient (Wildman–Crippen LogP) is 1.52. The molecular weight excluding hydrogens is 188 g/mol. The highest BCUT2D eigenvalue weighted by Crippen LogP contribution is 2.12. The van der Waals surface area contributed by atoms with Gasteiger partial charge in [0.25, 0.3) is 0 Å². The van der Waals surface area contributed by atoms with Gasteiger partial charge in [0.15, 0.2) is 6.19 Å². The van der Waals surface area contributed by atoms with E-state index in [1.807, 2.05) is 12.1 Å². The van der Waals surface area contributed by atoms with Gasteiger partial charge in [0.2, 0.25) is 0 Å². The first-order valence-corrected chi connectivity index (χ1v) is 4.82. The highest BCUT2D eigenvalue weighted by molar-refractivity contribution is 5.75. The Morgan fingerprint density at radius 1 is 1.53 bits per heavy atom. The van der Waals surface area contributed by atoms with E-state index in [1.165, 1.54) is 5.56 Å². The number of hydrogen-bond donors (Lipinski definition) is 1. The molecule has 15 heavy (non-hydrogen) atoms. The zero-order valence-electron chi connectivity index (χ0n) is 8.57. The van der Waals surface area contributed by atoms with Crippen LogP contribution in [0, 0.1) is 11.5 Å². The Morgan fingerprint density at radius 2 is 2.40 bits per heavy atom. The van der Waals surface area contributed by atoms with Gasteiger partial charge in [0.1, 0.15) is 0 Å². The molecule has 76 valence electrons. The molecule has 0 saturated heterocycles. The Kier molecular flexibility index (Phi) is 2.55. The minimum Gasteiger partial charge on any atom is -0.345 e. The van der Waals surface area contributed by atoms with Gasteiger partial charge in [-0.1, -0.05) is 6.07 Å². The molecule has 0 atom stereocenters.